The minimum absolute atomic E-state index is 0.123. The lowest BCUT2D eigenvalue weighted by molar-refractivity contribution is 0.0952. The number of hydrogen-bond acceptors (Lipinski definition) is 5. The maximum absolute atomic E-state index is 12.3. The van der Waals surface area contributed by atoms with Crippen LogP contribution in [0.1, 0.15) is 20.9 Å². The molecule has 118 valence electrons. The van der Waals surface area contributed by atoms with Crippen LogP contribution >= 0.6 is 22.7 Å². The molecule has 0 saturated heterocycles. The number of amides is 1. The molecule has 0 unspecified atom stereocenters. The lowest BCUT2D eigenvalue weighted by Crippen LogP contribution is -2.22. The van der Waals surface area contributed by atoms with Gasteiger partial charge >= 0.3 is 0 Å². The van der Waals surface area contributed by atoms with E-state index in [9.17, 15) is 4.79 Å². The van der Waals surface area contributed by atoms with Gasteiger partial charge in [0, 0.05) is 23.2 Å². The second-order valence-corrected chi connectivity index (χ2v) is 6.73. The van der Waals surface area contributed by atoms with Crippen molar-refractivity contribution in [1.29, 1.82) is 0 Å². The minimum Gasteiger partial charge on any atom is -0.495 e. The van der Waals surface area contributed by atoms with E-state index in [0.717, 1.165) is 21.8 Å². The maximum Gasteiger partial charge on any atom is 0.265 e. The number of aryl methyl sites for hydroxylation is 1. The summed E-state index contributed by atoms with van der Waals surface area (Å²) in [5.41, 5.74) is 3.11. The zero-order valence-corrected chi connectivity index (χ0v) is 14.5. The standard InChI is InChI=1S/C17H16N2O2S2/c1-11-10-23-17(19-11)13-6-4-3-5-12(13)9-18-16(20)15-14(21-2)7-8-22-15/h3-8,10H,9H2,1-2H3,(H,18,20). The van der Waals surface area contributed by atoms with Crippen molar-refractivity contribution in [2.75, 3.05) is 7.11 Å². The van der Waals surface area contributed by atoms with Crippen LogP contribution in [0.2, 0.25) is 0 Å². The van der Waals surface area contributed by atoms with Crippen molar-refractivity contribution < 1.29 is 9.53 Å². The summed E-state index contributed by atoms with van der Waals surface area (Å²) in [4.78, 5) is 17.4. The third-order valence-electron chi connectivity index (χ3n) is 3.36. The predicted molar refractivity (Wildman–Crippen MR) is 94.3 cm³/mol. The number of benzene rings is 1. The fourth-order valence-corrected chi connectivity index (χ4v) is 3.87. The van der Waals surface area contributed by atoms with Gasteiger partial charge in [-0.25, -0.2) is 4.98 Å². The van der Waals surface area contributed by atoms with Crippen LogP contribution in [-0.2, 0) is 6.54 Å². The second-order valence-electron chi connectivity index (χ2n) is 4.95. The van der Waals surface area contributed by atoms with Crippen LogP contribution in [0.5, 0.6) is 5.75 Å². The molecule has 0 saturated carbocycles. The Morgan fingerprint density at radius 2 is 2.09 bits per heavy atom. The molecule has 0 aliphatic carbocycles. The van der Waals surface area contributed by atoms with E-state index in [2.05, 4.69) is 10.3 Å². The van der Waals surface area contributed by atoms with E-state index < -0.39 is 0 Å². The lowest BCUT2D eigenvalue weighted by atomic mass is 10.1. The van der Waals surface area contributed by atoms with Gasteiger partial charge in [-0.15, -0.1) is 22.7 Å². The normalized spacial score (nSPS) is 10.5. The molecule has 3 rings (SSSR count). The van der Waals surface area contributed by atoms with Crippen molar-refractivity contribution in [2.45, 2.75) is 13.5 Å². The fourth-order valence-electron chi connectivity index (χ4n) is 2.24. The number of nitrogens with zero attached hydrogens (tertiary/aromatic N) is 1. The molecule has 1 N–H and O–H groups in total. The quantitative estimate of drug-likeness (QED) is 0.757. The predicted octanol–water partition coefficient (Wildman–Crippen LogP) is 4.12. The number of ether oxygens (including phenoxy) is 1. The van der Waals surface area contributed by atoms with Crippen LogP contribution in [0, 0.1) is 6.92 Å². The van der Waals surface area contributed by atoms with Gasteiger partial charge in [0.05, 0.1) is 7.11 Å². The summed E-state index contributed by atoms with van der Waals surface area (Å²) in [6.45, 7) is 2.43. The Bertz CT molecular complexity index is 823. The third-order valence-corrected chi connectivity index (χ3v) is 5.25. The van der Waals surface area contributed by atoms with Crippen molar-refractivity contribution >= 4 is 28.6 Å². The van der Waals surface area contributed by atoms with E-state index in [1.54, 1.807) is 24.5 Å². The Kier molecular flexibility index (Phi) is 4.73. The number of carbonyl (C=O) groups is 1. The van der Waals surface area contributed by atoms with Gasteiger partial charge < -0.3 is 10.1 Å². The van der Waals surface area contributed by atoms with Crippen molar-refractivity contribution in [1.82, 2.24) is 10.3 Å². The molecule has 0 bridgehead atoms. The number of carbonyl (C=O) groups excluding carboxylic acids is 1. The highest BCUT2D eigenvalue weighted by molar-refractivity contribution is 7.13. The molecule has 0 spiro atoms. The first-order valence-electron chi connectivity index (χ1n) is 7.09. The van der Waals surface area contributed by atoms with Gasteiger partial charge in [-0.2, -0.15) is 0 Å². The molecule has 0 atom stereocenters. The average Bonchev–Trinajstić information content (AvgIpc) is 3.21. The highest BCUT2D eigenvalue weighted by atomic mass is 32.1. The summed E-state index contributed by atoms with van der Waals surface area (Å²) in [6.07, 6.45) is 0. The first-order valence-corrected chi connectivity index (χ1v) is 8.85. The van der Waals surface area contributed by atoms with Crippen LogP contribution in [0.15, 0.2) is 41.1 Å². The number of methoxy groups -OCH3 is 1. The van der Waals surface area contributed by atoms with E-state index in [4.69, 9.17) is 4.74 Å². The summed E-state index contributed by atoms with van der Waals surface area (Å²) >= 11 is 2.99. The highest BCUT2D eigenvalue weighted by Crippen LogP contribution is 2.28. The van der Waals surface area contributed by atoms with Gasteiger partial charge in [0.15, 0.2) is 0 Å². The SMILES string of the molecule is COc1ccsc1C(=O)NCc1ccccc1-c1nc(C)cs1. The molecule has 1 aromatic carbocycles. The molecule has 2 heterocycles. The van der Waals surface area contributed by atoms with E-state index in [1.807, 2.05) is 41.9 Å². The molecule has 0 aliphatic heterocycles. The molecular formula is C17H16N2O2S2. The van der Waals surface area contributed by atoms with Gasteiger partial charge in [-0.05, 0) is 23.9 Å². The molecule has 4 nitrogen and oxygen atoms in total. The number of thiophene rings is 1. The van der Waals surface area contributed by atoms with Crippen LogP contribution < -0.4 is 10.1 Å². The number of thiazole rings is 1. The van der Waals surface area contributed by atoms with Crippen molar-refractivity contribution in [2.24, 2.45) is 0 Å². The van der Waals surface area contributed by atoms with Crippen molar-refractivity contribution in [3.05, 3.63) is 57.2 Å². The largest absolute Gasteiger partial charge is 0.495 e. The second kappa shape index (κ2) is 6.93. The summed E-state index contributed by atoms with van der Waals surface area (Å²) in [5.74, 6) is 0.485. The molecule has 6 heteroatoms. The van der Waals surface area contributed by atoms with Crippen LogP contribution in [0.25, 0.3) is 10.6 Å². The van der Waals surface area contributed by atoms with E-state index in [-0.39, 0.29) is 5.91 Å². The monoisotopic (exact) mass is 344 g/mol. The van der Waals surface area contributed by atoms with Gasteiger partial charge in [0.25, 0.3) is 5.91 Å². The number of rotatable bonds is 5. The van der Waals surface area contributed by atoms with E-state index >= 15 is 0 Å². The Labute approximate surface area is 142 Å². The Hall–Kier alpha value is -2.18. The van der Waals surface area contributed by atoms with Gasteiger partial charge in [0.1, 0.15) is 15.6 Å². The van der Waals surface area contributed by atoms with Crippen molar-refractivity contribution in [3.8, 4) is 16.3 Å². The Balaban J connectivity index is 1.78. The molecule has 0 radical (unpaired) electrons. The van der Waals surface area contributed by atoms with Crippen LogP contribution in [0.4, 0.5) is 0 Å². The van der Waals surface area contributed by atoms with Crippen LogP contribution in [0.3, 0.4) is 0 Å². The number of hydrogen-bond donors (Lipinski definition) is 1. The minimum atomic E-state index is -0.123. The molecule has 1 amide bonds. The summed E-state index contributed by atoms with van der Waals surface area (Å²) in [6, 6.07) is 9.80. The van der Waals surface area contributed by atoms with Gasteiger partial charge in [-0.1, -0.05) is 24.3 Å². The van der Waals surface area contributed by atoms with Gasteiger partial charge in [0.2, 0.25) is 0 Å². The van der Waals surface area contributed by atoms with E-state index in [0.29, 0.717) is 17.2 Å². The number of nitrogens with one attached hydrogen (secondary N) is 1. The fraction of sp³-hybridized carbons (Fsp3) is 0.176. The summed E-state index contributed by atoms with van der Waals surface area (Å²) in [5, 5.41) is 7.81. The maximum atomic E-state index is 12.3. The van der Waals surface area contributed by atoms with E-state index in [1.165, 1.54) is 11.3 Å². The molecule has 3 aromatic rings. The Morgan fingerprint density at radius 1 is 1.26 bits per heavy atom. The van der Waals surface area contributed by atoms with Crippen LogP contribution in [-0.4, -0.2) is 18.0 Å². The molecular weight excluding hydrogens is 328 g/mol. The Morgan fingerprint density at radius 3 is 2.83 bits per heavy atom. The smallest absolute Gasteiger partial charge is 0.265 e. The average molecular weight is 344 g/mol. The molecule has 2 aromatic heterocycles. The molecule has 23 heavy (non-hydrogen) atoms. The summed E-state index contributed by atoms with van der Waals surface area (Å²) < 4.78 is 5.20. The van der Waals surface area contributed by atoms with Gasteiger partial charge in [-0.3, -0.25) is 4.79 Å². The third kappa shape index (κ3) is 3.43. The molecule has 0 fully saturated rings. The zero-order chi connectivity index (χ0) is 16.2. The first-order chi connectivity index (χ1) is 11.2. The zero-order valence-electron chi connectivity index (χ0n) is 12.8. The lowest BCUT2D eigenvalue weighted by Gasteiger charge is -2.09. The highest BCUT2D eigenvalue weighted by Gasteiger charge is 2.15. The summed E-state index contributed by atoms with van der Waals surface area (Å²) in [7, 11) is 1.57. The topological polar surface area (TPSA) is 51.2 Å². The van der Waals surface area contributed by atoms with Crippen molar-refractivity contribution in [3.63, 3.8) is 0 Å². The molecule has 0 aliphatic rings. The first kappa shape index (κ1) is 15.7. The number of aromatic nitrogens is 1.